The first kappa shape index (κ1) is 11.2. The summed E-state index contributed by atoms with van der Waals surface area (Å²) >= 11 is 3.29. The molecule has 0 aromatic carbocycles. The van der Waals surface area contributed by atoms with E-state index in [4.69, 9.17) is 10.9 Å². The predicted molar refractivity (Wildman–Crippen MR) is 57.7 cm³/mol. The molecule has 78 valence electrons. The highest BCUT2D eigenvalue weighted by atomic mass is 79.9. The maximum atomic E-state index is 8.85. The highest BCUT2D eigenvalue weighted by Crippen LogP contribution is 2.25. The number of aliphatic hydroxyl groups is 1. The molecule has 0 aliphatic heterocycles. The minimum Gasteiger partial charge on any atom is -0.394 e. The fraction of sp³-hybridized carbons (Fsp3) is 0.429. The lowest BCUT2D eigenvalue weighted by atomic mass is 10.3. The van der Waals surface area contributed by atoms with E-state index in [1.165, 1.54) is 6.33 Å². The number of hydrogen-bond acceptors (Lipinski definition) is 6. The van der Waals surface area contributed by atoms with Gasteiger partial charge < -0.3 is 15.8 Å². The largest absolute Gasteiger partial charge is 0.394 e. The van der Waals surface area contributed by atoms with Gasteiger partial charge in [-0.25, -0.2) is 15.8 Å². The molecule has 14 heavy (non-hydrogen) atoms. The smallest absolute Gasteiger partial charge is 0.159 e. The Morgan fingerprint density at radius 3 is 2.79 bits per heavy atom. The van der Waals surface area contributed by atoms with Gasteiger partial charge in [-0.2, -0.15) is 0 Å². The van der Waals surface area contributed by atoms with Crippen LogP contribution in [0.2, 0.25) is 0 Å². The Morgan fingerprint density at radius 2 is 2.21 bits per heavy atom. The SMILES string of the molecule is CC(CO)Nc1ncnc(NN)c1Br. The van der Waals surface area contributed by atoms with E-state index in [-0.39, 0.29) is 12.6 Å². The van der Waals surface area contributed by atoms with Crippen molar-refractivity contribution >= 4 is 27.6 Å². The summed E-state index contributed by atoms with van der Waals surface area (Å²) in [5, 5.41) is 11.8. The minimum absolute atomic E-state index is 0.0296. The van der Waals surface area contributed by atoms with Crippen LogP contribution in [0.25, 0.3) is 0 Å². The third kappa shape index (κ3) is 2.53. The zero-order valence-electron chi connectivity index (χ0n) is 7.66. The van der Waals surface area contributed by atoms with Gasteiger partial charge in [-0.15, -0.1) is 0 Å². The second kappa shape index (κ2) is 5.08. The standard InChI is InChI=1S/C7H12BrN5O/c1-4(2-14)12-6-5(8)7(13-9)11-3-10-6/h3-4,14H,2,9H2,1H3,(H2,10,11,12,13). The fourth-order valence-corrected chi connectivity index (χ4v) is 1.28. The number of nitrogen functional groups attached to an aromatic ring is 1. The second-order valence-corrected chi connectivity index (χ2v) is 3.55. The molecule has 0 spiro atoms. The summed E-state index contributed by atoms with van der Waals surface area (Å²) in [6.07, 6.45) is 1.38. The van der Waals surface area contributed by atoms with E-state index in [0.29, 0.717) is 16.1 Å². The average molecular weight is 262 g/mol. The van der Waals surface area contributed by atoms with Crippen LogP contribution in [0.1, 0.15) is 6.92 Å². The number of hydrogen-bond donors (Lipinski definition) is 4. The van der Waals surface area contributed by atoms with E-state index < -0.39 is 0 Å². The third-order valence-electron chi connectivity index (χ3n) is 1.58. The van der Waals surface area contributed by atoms with Crippen LogP contribution in [0, 0.1) is 0 Å². The summed E-state index contributed by atoms with van der Waals surface area (Å²) in [6.45, 7) is 1.87. The number of aromatic nitrogens is 2. The molecule has 1 aromatic rings. The molecule has 0 fully saturated rings. The van der Waals surface area contributed by atoms with Crippen LogP contribution >= 0.6 is 15.9 Å². The molecule has 0 radical (unpaired) electrons. The van der Waals surface area contributed by atoms with Gasteiger partial charge in [0.15, 0.2) is 5.82 Å². The first-order valence-corrected chi connectivity index (χ1v) is 4.82. The highest BCUT2D eigenvalue weighted by molar-refractivity contribution is 9.10. The quantitative estimate of drug-likeness (QED) is 0.461. The molecule has 7 heteroatoms. The number of nitrogens with one attached hydrogen (secondary N) is 2. The van der Waals surface area contributed by atoms with Crippen LogP contribution in [-0.2, 0) is 0 Å². The molecule has 1 aromatic heterocycles. The van der Waals surface area contributed by atoms with Crippen molar-refractivity contribution in [3.8, 4) is 0 Å². The molecule has 0 saturated heterocycles. The molecular weight excluding hydrogens is 250 g/mol. The molecule has 0 aliphatic carbocycles. The van der Waals surface area contributed by atoms with E-state index >= 15 is 0 Å². The molecular formula is C7H12BrN5O. The van der Waals surface area contributed by atoms with E-state index in [1.54, 1.807) is 0 Å². The summed E-state index contributed by atoms with van der Waals surface area (Å²) in [5.41, 5.74) is 2.43. The fourth-order valence-electron chi connectivity index (χ4n) is 0.850. The van der Waals surface area contributed by atoms with Crippen LogP contribution in [0.4, 0.5) is 11.6 Å². The van der Waals surface area contributed by atoms with Crippen LogP contribution in [-0.4, -0.2) is 27.7 Å². The number of anilines is 2. The molecule has 0 amide bonds. The molecule has 1 atom stereocenters. The van der Waals surface area contributed by atoms with Gasteiger partial charge in [0.05, 0.1) is 6.61 Å². The van der Waals surface area contributed by atoms with Gasteiger partial charge in [0, 0.05) is 6.04 Å². The van der Waals surface area contributed by atoms with Gasteiger partial charge in [0.25, 0.3) is 0 Å². The average Bonchev–Trinajstić information content (AvgIpc) is 2.21. The van der Waals surface area contributed by atoms with Crippen LogP contribution in [0.5, 0.6) is 0 Å². The number of aliphatic hydroxyl groups excluding tert-OH is 1. The Hall–Kier alpha value is -0.920. The number of hydrazine groups is 1. The molecule has 0 aliphatic rings. The van der Waals surface area contributed by atoms with E-state index in [0.717, 1.165) is 0 Å². The van der Waals surface area contributed by atoms with Crippen molar-refractivity contribution in [3.63, 3.8) is 0 Å². The van der Waals surface area contributed by atoms with Crippen molar-refractivity contribution in [2.45, 2.75) is 13.0 Å². The Kier molecular flexibility index (Phi) is 4.05. The van der Waals surface area contributed by atoms with Gasteiger partial charge in [-0.1, -0.05) is 0 Å². The summed E-state index contributed by atoms with van der Waals surface area (Å²) in [7, 11) is 0. The second-order valence-electron chi connectivity index (χ2n) is 2.76. The molecule has 1 unspecified atom stereocenters. The molecule has 6 nitrogen and oxygen atoms in total. The first-order chi connectivity index (χ1) is 6.69. The topological polar surface area (TPSA) is 96.1 Å². The first-order valence-electron chi connectivity index (χ1n) is 4.03. The number of nitrogens with zero attached hydrogens (tertiary/aromatic N) is 2. The third-order valence-corrected chi connectivity index (χ3v) is 2.33. The lowest BCUT2D eigenvalue weighted by molar-refractivity contribution is 0.281. The Bertz CT molecular complexity index is 308. The number of halogens is 1. The van der Waals surface area contributed by atoms with Gasteiger partial charge >= 0.3 is 0 Å². The van der Waals surface area contributed by atoms with Crippen molar-refractivity contribution in [2.75, 3.05) is 17.3 Å². The normalized spacial score (nSPS) is 12.3. The van der Waals surface area contributed by atoms with Gasteiger partial charge in [-0.3, -0.25) is 0 Å². The molecule has 1 rings (SSSR count). The van der Waals surface area contributed by atoms with Crippen molar-refractivity contribution in [3.05, 3.63) is 10.8 Å². The van der Waals surface area contributed by atoms with Gasteiger partial charge in [-0.05, 0) is 22.9 Å². The zero-order valence-corrected chi connectivity index (χ0v) is 9.24. The molecule has 1 heterocycles. The predicted octanol–water partition coefficient (Wildman–Crippen LogP) is 0.317. The Balaban J connectivity index is 2.86. The monoisotopic (exact) mass is 261 g/mol. The minimum atomic E-state index is -0.0770. The maximum absolute atomic E-state index is 8.85. The van der Waals surface area contributed by atoms with Crippen LogP contribution in [0.15, 0.2) is 10.8 Å². The van der Waals surface area contributed by atoms with E-state index in [2.05, 4.69) is 36.6 Å². The van der Waals surface area contributed by atoms with Crippen molar-refractivity contribution < 1.29 is 5.11 Å². The molecule has 5 N–H and O–H groups in total. The lowest BCUT2D eigenvalue weighted by Gasteiger charge is -2.13. The van der Waals surface area contributed by atoms with Crippen LogP contribution < -0.4 is 16.6 Å². The summed E-state index contributed by atoms with van der Waals surface area (Å²) in [6, 6.07) is -0.0770. The van der Waals surface area contributed by atoms with Crippen molar-refractivity contribution in [1.82, 2.24) is 9.97 Å². The summed E-state index contributed by atoms with van der Waals surface area (Å²) in [4.78, 5) is 7.89. The number of nitrogens with two attached hydrogens (primary N) is 1. The Morgan fingerprint density at radius 1 is 1.57 bits per heavy atom. The molecule has 0 bridgehead atoms. The van der Waals surface area contributed by atoms with E-state index in [9.17, 15) is 0 Å². The summed E-state index contributed by atoms with van der Waals surface area (Å²) < 4.78 is 0.641. The van der Waals surface area contributed by atoms with Gasteiger partial charge in [0.2, 0.25) is 0 Å². The van der Waals surface area contributed by atoms with Crippen molar-refractivity contribution in [2.24, 2.45) is 5.84 Å². The van der Waals surface area contributed by atoms with E-state index in [1.807, 2.05) is 6.92 Å². The number of rotatable bonds is 4. The zero-order chi connectivity index (χ0) is 10.6. The lowest BCUT2D eigenvalue weighted by Crippen LogP contribution is -2.21. The highest BCUT2D eigenvalue weighted by Gasteiger charge is 2.09. The molecule has 0 saturated carbocycles. The van der Waals surface area contributed by atoms with Crippen LogP contribution in [0.3, 0.4) is 0 Å². The Labute approximate surface area is 90.0 Å². The maximum Gasteiger partial charge on any atom is 0.159 e. The van der Waals surface area contributed by atoms with Gasteiger partial charge in [0.1, 0.15) is 16.6 Å². The van der Waals surface area contributed by atoms with Crippen molar-refractivity contribution in [1.29, 1.82) is 0 Å². The summed E-state index contributed by atoms with van der Waals surface area (Å²) in [5.74, 6) is 6.32.